The van der Waals surface area contributed by atoms with Crippen molar-refractivity contribution in [3.05, 3.63) is 114 Å². The number of nitrogens with zero attached hydrogens (tertiary/aromatic N) is 4. The zero-order valence-electron chi connectivity index (χ0n) is 17.5. The highest BCUT2D eigenvalue weighted by molar-refractivity contribution is 7.80. The van der Waals surface area contributed by atoms with Crippen LogP contribution in [0, 0.1) is 12.7 Å². The molecule has 0 saturated carbocycles. The van der Waals surface area contributed by atoms with E-state index >= 15 is 0 Å². The van der Waals surface area contributed by atoms with Crippen LogP contribution >= 0.6 is 12.2 Å². The van der Waals surface area contributed by atoms with Gasteiger partial charge < -0.3 is 14.8 Å². The molecule has 3 aromatic heterocycles. The Morgan fingerprint density at radius 3 is 2.53 bits per heavy atom. The average molecular weight is 444 g/mol. The smallest absolute Gasteiger partial charge is 0.174 e. The van der Waals surface area contributed by atoms with Gasteiger partial charge in [0.05, 0.1) is 24.0 Å². The fourth-order valence-electron chi connectivity index (χ4n) is 4.22. The Hall–Kier alpha value is -3.58. The van der Waals surface area contributed by atoms with E-state index < -0.39 is 0 Å². The second-order valence-corrected chi connectivity index (χ2v) is 8.20. The molecule has 0 spiro atoms. The van der Waals surface area contributed by atoms with Gasteiger partial charge >= 0.3 is 0 Å². The molecule has 0 radical (unpaired) electrons. The maximum atomic E-state index is 14.0. The van der Waals surface area contributed by atoms with Gasteiger partial charge in [0.15, 0.2) is 5.11 Å². The number of anilines is 1. The fraction of sp³-hybridized carbons (Fsp3) is 0.160. The van der Waals surface area contributed by atoms with Gasteiger partial charge in [-0.1, -0.05) is 12.1 Å². The minimum Gasteiger partial charge on any atom is -0.351 e. The zero-order valence-corrected chi connectivity index (χ0v) is 18.3. The van der Waals surface area contributed by atoms with E-state index in [0.29, 0.717) is 17.2 Å². The van der Waals surface area contributed by atoms with Crippen molar-refractivity contribution in [2.75, 3.05) is 4.90 Å². The lowest BCUT2D eigenvalue weighted by Gasteiger charge is -2.29. The van der Waals surface area contributed by atoms with E-state index in [4.69, 9.17) is 12.2 Å². The zero-order chi connectivity index (χ0) is 22.1. The summed E-state index contributed by atoms with van der Waals surface area (Å²) >= 11 is 5.77. The number of aromatic nitrogens is 3. The summed E-state index contributed by atoms with van der Waals surface area (Å²) in [6.07, 6.45) is 5.64. The number of hydrogen-bond acceptors (Lipinski definition) is 3. The predicted molar refractivity (Wildman–Crippen MR) is 127 cm³/mol. The number of rotatable bonds is 5. The molecular formula is C25H22FN5S. The number of halogens is 1. The van der Waals surface area contributed by atoms with Crippen molar-refractivity contribution in [2.45, 2.75) is 25.6 Å². The van der Waals surface area contributed by atoms with Gasteiger partial charge in [0, 0.05) is 30.0 Å². The summed E-state index contributed by atoms with van der Waals surface area (Å²) in [4.78, 5) is 11.1. The molecule has 32 heavy (non-hydrogen) atoms. The highest BCUT2D eigenvalue weighted by Crippen LogP contribution is 2.42. The predicted octanol–water partition coefficient (Wildman–Crippen LogP) is 4.95. The number of pyridine rings is 2. The van der Waals surface area contributed by atoms with Gasteiger partial charge in [-0.05, 0) is 79.3 Å². The molecule has 0 unspecified atom stereocenters. The molecule has 0 aliphatic carbocycles. The lowest BCUT2D eigenvalue weighted by atomic mass is 10.0. The Bertz CT molecular complexity index is 1240. The molecule has 5 rings (SSSR count). The van der Waals surface area contributed by atoms with Crippen molar-refractivity contribution < 1.29 is 4.39 Å². The molecular weight excluding hydrogens is 421 g/mol. The molecule has 1 aliphatic heterocycles. The van der Waals surface area contributed by atoms with Crippen molar-refractivity contribution in [2.24, 2.45) is 0 Å². The minimum atomic E-state index is -0.233. The molecule has 5 nitrogen and oxygen atoms in total. The Kier molecular flexibility index (Phi) is 5.41. The Morgan fingerprint density at radius 2 is 1.81 bits per heavy atom. The lowest BCUT2D eigenvalue weighted by Crippen LogP contribution is -2.30. The van der Waals surface area contributed by atoms with Crippen LogP contribution in [0.15, 0.2) is 85.3 Å². The summed E-state index contributed by atoms with van der Waals surface area (Å²) in [5.74, 6) is -0.233. The van der Waals surface area contributed by atoms with Crippen LogP contribution in [0.3, 0.4) is 0 Å². The number of benzene rings is 1. The van der Waals surface area contributed by atoms with Crippen LogP contribution in [-0.4, -0.2) is 19.6 Å². The van der Waals surface area contributed by atoms with E-state index in [1.54, 1.807) is 25.4 Å². The van der Waals surface area contributed by atoms with Crippen LogP contribution < -0.4 is 10.2 Å². The normalized spacial score (nSPS) is 18.1. The first-order valence-corrected chi connectivity index (χ1v) is 10.8. The number of thiocarbonyl (C=S) groups is 1. The molecule has 0 amide bonds. The number of aryl methyl sites for hydroxylation is 1. The first-order valence-electron chi connectivity index (χ1n) is 10.4. The van der Waals surface area contributed by atoms with Crippen LogP contribution in [0.25, 0.3) is 0 Å². The van der Waals surface area contributed by atoms with Crippen molar-refractivity contribution in [3.63, 3.8) is 0 Å². The molecule has 2 atom stereocenters. The third-order valence-corrected chi connectivity index (χ3v) is 6.06. The Balaban J connectivity index is 1.61. The molecule has 1 saturated heterocycles. The van der Waals surface area contributed by atoms with Gasteiger partial charge in [0.2, 0.25) is 0 Å². The second kappa shape index (κ2) is 8.51. The van der Waals surface area contributed by atoms with Gasteiger partial charge in [0.1, 0.15) is 11.9 Å². The lowest BCUT2D eigenvalue weighted by molar-refractivity contribution is 0.531. The third kappa shape index (κ3) is 3.76. The van der Waals surface area contributed by atoms with E-state index in [1.807, 2.05) is 48.5 Å². The molecule has 1 N–H and O–H groups in total. The average Bonchev–Trinajstić information content (AvgIpc) is 3.40. The molecule has 4 aromatic rings. The van der Waals surface area contributed by atoms with Crippen LogP contribution in [0.4, 0.5) is 10.1 Å². The second-order valence-electron chi connectivity index (χ2n) is 7.81. The quantitative estimate of drug-likeness (QED) is 0.442. The van der Waals surface area contributed by atoms with E-state index in [-0.39, 0.29) is 17.9 Å². The van der Waals surface area contributed by atoms with E-state index in [0.717, 1.165) is 22.8 Å². The van der Waals surface area contributed by atoms with Crippen LogP contribution in [0.1, 0.15) is 34.7 Å². The summed E-state index contributed by atoms with van der Waals surface area (Å²) in [5, 5.41) is 4.04. The van der Waals surface area contributed by atoms with Crippen LogP contribution in [-0.2, 0) is 6.54 Å². The minimum absolute atomic E-state index is 0.161. The molecule has 1 aromatic carbocycles. The largest absolute Gasteiger partial charge is 0.351 e. The summed E-state index contributed by atoms with van der Waals surface area (Å²) in [6.45, 7) is 2.40. The van der Waals surface area contributed by atoms with Gasteiger partial charge in [-0.25, -0.2) is 4.39 Å². The number of nitrogens with one attached hydrogen (secondary N) is 1. The van der Waals surface area contributed by atoms with Gasteiger partial charge in [0.25, 0.3) is 0 Å². The topological polar surface area (TPSA) is 46.0 Å². The van der Waals surface area contributed by atoms with Gasteiger partial charge in [-0.2, -0.15) is 0 Å². The van der Waals surface area contributed by atoms with E-state index in [2.05, 4.69) is 37.0 Å². The first-order chi connectivity index (χ1) is 15.6. The molecule has 0 bridgehead atoms. The summed E-state index contributed by atoms with van der Waals surface area (Å²) < 4.78 is 16.2. The van der Waals surface area contributed by atoms with Crippen molar-refractivity contribution >= 4 is 23.0 Å². The van der Waals surface area contributed by atoms with Crippen LogP contribution in [0.2, 0.25) is 0 Å². The van der Waals surface area contributed by atoms with Crippen molar-refractivity contribution in [3.8, 4) is 0 Å². The summed E-state index contributed by atoms with van der Waals surface area (Å²) in [6, 6.07) is 20.7. The highest BCUT2D eigenvalue weighted by Gasteiger charge is 2.42. The van der Waals surface area contributed by atoms with Crippen LogP contribution in [0.5, 0.6) is 0 Å². The molecule has 1 fully saturated rings. The SMILES string of the molecule is Cc1cc(N2C(=S)N[C@H](c3ccccn3)[C@H]2c2cccn2Cc2ccccn2)ccc1F. The Morgan fingerprint density at radius 1 is 1.00 bits per heavy atom. The van der Waals surface area contributed by atoms with E-state index in [9.17, 15) is 4.39 Å². The Labute approximate surface area is 191 Å². The third-order valence-electron chi connectivity index (χ3n) is 5.74. The maximum absolute atomic E-state index is 14.0. The summed E-state index contributed by atoms with van der Waals surface area (Å²) in [5.41, 5.74) is 4.36. The van der Waals surface area contributed by atoms with E-state index in [1.165, 1.54) is 6.07 Å². The summed E-state index contributed by atoms with van der Waals surface area (Å²) in [7, 11) is 0. The van der Waals surface area contributed by atoms with Gasteiger partial charge in [-0.15, -0.1) is 0 Å². The molecule has 160 valence electrons. The van der Waals surface area contributed by atoms with Gasteiger partial charge in [-0.3, -0.25) is 9.97 Å². The molecule has 1 aliphatic rings. The van der Waals surface area contributed by atoms with Crippen molar-refractivity contribution in [1.82, 2.24) is 19.9 Å². The first kappa shape index (κ1) is 20.3. The number of hydrogen-bond donors (Lipinski definition) is 1. The van der Waals surface area contributed by atoms with Crippen molar-refractivity contribution in [1.29, 1.82) is 0 Å². The fourth-order valence-corrected chi connectivity index (χ4v) is 4.56. The highest BCUT2D eigenvalue weighted by atomic mass is 32.1. The molecule has 7 heteroatoms. The standard InChI is InChI=1S/C25H22FN5S/c1-17-15-19(10-11-20(17)26)31-24(23(29-25(31)32)21-8-3-5-13-28-21)22-9-6-14-30(22)16-18-7-2-4-12-27-18/h2-15,23-24H,16H2,1H3,(H,29,32)/t23-,24-/m1/s1. The monoisotopic (exact) mass is 443 g/mol. The molecule has 4 heterocycles. The maximum Gasteiger partial charge on any atom is 0.174 e.